The lowest BCUT2D eigenvalue weighted by Gasteiger charge is -2.13. The van der Waals surface area contributed by atoms with E-state index in [-0.39, 0.29) is 0 Å². The van der Waals surface area contributed by atoms with Crippen LogP contribution in [-0.2, 0) is 6.18 Å². The van der Waals surface area contributed by atoms with Crippen LogP contribution in [0.2, 0.25) is 0 Å². The molecule has 3 aromatic carbocycles. The van der Waals surface area contributed by atoms with Crippen LogP contribution >= 0.6 is 0 Å². The van der Waals surface area contributed by atoms with E-state index in [0.717, 1.165) is 28.8 Å². The number of benzene rings is 3. The first-order chi connectivity index (χ1) is 12.5. The molecule has 0 N–H and O–H groups in total. The quantitative estimate of drug-likeness (QED) is 0.398. The molecule has 0 bridgehead atoms. The maximum atomic E-state index is 13.1. The lowest BCUT2D eigenvalue weighted by atomic mass is 9.97. The second-order valence-corrected chi connectivity index (χ2v) is 6.02. The van der Waals surface area contributed by atoms with Gasteiger partial charge in [-0.05, 0) is 29.3 Å². The summed E-state index contributed by atoms with van der Waals surface area (Å²) in [5.74, 6) is 0. The number of pyridine rings is 1. The van der Waals surface area contributed by atoms with Crippen LogP contribution in [-0.4, -0.2) is 4.98 Å². The lowest BCUT2D eigenvalue weighted by molar-refractivity contribution is -0.137. The molecule has 1 aromatic heterocycles. The Morgan fingerprint density at radius 3 is 1.88 bits per heavy atom. The molecule has 0 unspecified atom stereocenters. The highest BCUT2D eigenvalue weighted by atomic mass is 19.4. The maximum Gasteiger partial charge on any atom is 0.416 e. The van der Waals surface area contributed by atoms with E-state index < -0.39 is 11.7 Å². The smallest absolute Gasteiger partial charge is 0.248 e. The van der Waals surface area contributed by atoms with Gasteiger partial charge in [0.05, 0.1) is 16.8 Å². The third-order valence-electron chi connectivity index (χ3n) is 4.29. The van der Waals surface area contributed by atoms with E-state index >= 15 is 0 Å². The molecule has 128 valence electrons. The summed E-state index contributed by atoms with van der Waals surface area (Å²) in [6.07, 6.45) is -4.40. The van der Waals surface area contributed by atoms with Gasteiger partial charge in [-0.3, -0.25) is 0 Å². The van der Waals surface area contributed by atoms with Gasteiger partial charge < -0.3 is 0 Å². The first-order valence-corrected chi connectivity index (χ1v) is 8.15. The van der Waals surface area contributed by atoms with Gasteiger partial charge in [0.1, 0.15) is 0 Å². The Hall–Kier alpha value is -3.14. The summed E-state index contributed by atoms with van der Waals surface area (Å²) < 4.78 is 39.4. The number of hydrogen-bond donors (Lipinski definition) is 0. The lowest BCUT2D eigenvalue weighted by Crippen LogP contribution is -2.04. The van der Waals surface area contributed by atoms with Crippen molar-refractivity contribution < 1.29 is 13.2 Å². The van der Waals surface area contributed by atoms with Gasteiger partial charge in [0, 0.05) is 10.9 Å². The van der Waals surface area contributed by atoms with Crippen molar-refractivity contribution in [1.82, 2.24) is 4.98 Å². The summed E-state index contributed by atoms with van der Waals surface area (Å²) in [7, 11) is 0. The SMILES string of the molecule is FC(F)(F)c1ccc2c(-c3ccccc3)cc(-c3ccccc3)nc2c1. The van der Waals surface area contributed by atoms with Gasteiger partial charge in [-0.2, -0.15) is 13.2 Å². The maximum absolute atomic E-state index is 13.1. The van der Waals surface area contributed by atoms with E-state index in [4.69, 9.17) is 0 Å². The van der Waals surface area contributed by atoms with Gasteiger partial charge in [0.25, 0.3) is 0 Å². The highest BCUT2D eigenvalue weighted by Gasteiger charge is 2.30. The standard InChI is InChI=1S/C22H14F3N/c23-22(24,25)17-11-12-18-19(15-7-3-1-4-8-15)14-20(26-21(18)13-17)16-9-5-2-6-10-16/h1-14H. The van der Waals surface area contributed by atoms with E-state index in [9.17, 15) is 13.2 Å². The van der Waals surface area contributed by atoms with Crippen molar-refractivity contribution in [1.29, 1.82) is 0 Å². The summed E-state index contributed by atoms with van der Waals surface area (Å²) in [5, 5.41) is 0.698. The van der Waals surface area contributed by atoms with Crippen molar-refractivity contribution in [2.45, 2.75) is 6.18 Å². The Morgan fingerprint density at radius 2 is 1.27 bits per heavy atom. The predicted octanol–water partition coefficient (Wildman–Crippen LogP) is 6.59. The van der Waals surface area contributed by atoms with Gasteiger partial charge in [-0.1, -0.05) is 66.7 Å². The minimum absolute atomic E-state index is 0.333. The van der Waals surface area contributed by atoms with Crippen molar-refractivity contribution in [2.75, 3.05) is 0 Å². The largest absolute Gasteiger partial charge is 0.416 e. The van der Waals surface area contributed by atoms with Crippen LogP contribution in [0.25, 0.3) is 33.3 Å². The Bertz CT molecular complexity index is 1060. The van der Waals surface area contributed by atoms with Crippen molar-refractivity contribution in [3.8, 4) is 22.4 Å². The van der Waals surface area contributed by atoms with E-state index in [1.54, 1.807) is 0 Å². The Balaban J connectivity index is 2.02. The molecule has 0 fully saturated rings. The summed E-state index contributed by atoms with van der Waals surface area (Å²) in [4.78, 5) is 4.51. The normalized spacial score (nSPS) is 11.7. The average molecular weight is 349 g/mol. The molecule has 0 spiro atoms. The molecule has 4 heteroatoms. The van der Waals surface area contributed by atoms with E-state index in [2.05, 4.69) is 4.98 Å². The van der Waals surface area contributed by atoms with Gasteiger partial charge in [-0.25, -0.2) is 4.98 Å². The highest BCUT2D eigenvalue weighted by Crippen LogP contribution is 2.36. The van der Waals surface area contributed by atoms with Crippen LogP contribution in [0.4, 0.5) is 13.2 Å². The fourth-order valence-electron chi connectivity index (χ4n) is 3.02. The molecule has 26 heavy (non-hydrogen) atoms. The predicted molar refractivity (Wildman–Crippen MR) is 97.6 cm³/mol. The summed E-state index contributed by atoms with van der Waals surface area (Å²) >= 11 is 0. The van der Waals surface area contributed by atoms with E-state index in [1.807, 2.05) is 66.7 Å². The van der Waals surface area contributed by atoms with Gasteiger partial charge in [-0.15, -0.1) is 0 Å². The highest BCUT2D eigenvalue weighted by molar-refractivity contribution is 5.97. The van der Waals surface area contributed by atoms with E-state index in [1.165, 1.54) is 6.07 Å². The molecular formula is C22H14F3N. The molecular weight excluding hydrogens is 335 g/mol. The minimum atomic E-state index is -4.40. The topological polar surface area (TPSA) is 12.9 Å². The number of halogens is 3. The number of hydrogen-bond acceptors (Lipinski definition) is 1. The summed E-state index contributed by atoms with van der Waals surface area (Å²) in [6, 6.07) is 24.7. The van der Waals surface area contributed by atoms with Crippen molar-refractivity contribution in [3.05, 3.63) is 90.5 Å². The molecule has 1 heterocycles. The van der Waals surface area contributed by atoms with Gasteiger partial charge in [0.15, 0.2) is 0 Å². The van der Waals surface area contributed by atoms with Gasteiger partial charge in [0.2, 0.25) is 0 Å². The van der Waals surface area contributed by atoms with Crippen LogP contribution in [0.15, 0.2) is 84.9 Å². The van der Waals surface area contributed by atoms with Crippen LogP contribution in [0.3, 0.4) is 0 Å². The van der Waals surface area contributed by atoms with Crippen LogP contribution < -0.4 is 0 Å². The molecule has 0 atom stereocenters. The first-order valence-electron chi connectivity index (χ1n) is 8.15. The fraction of sp³-hybridized carbons (Fsp3) is 0.0455. The minimum Gasteiger partial charge on any atom is -0.248 e. The second kappa shape index (κ2) is 6.30. The van der Waals surface area contributed by atoms with Crippen LogP contribution in [0.1, 0.15) is 5.56 Å². The molecule has 0 amide bonds. The number of alkyl halides is 3. The van der Waals surface area contributed by atoms with Crippen molar-refractivity contribution in [3.63, 3.8) is 0 Å². The summed E-state index contributed by atoms with van der Waals surface area (Å²) in [5.41, 5.74) is 2.96. The number of rotatable bonds is 2. The van der Waals surface area contributed by atoms with Crippen LogP contribution in [0, 0.1) is 0 Å². The zero-order valence-corrected chi connectivity index (χ0v) is 13.7. The molecule has 0 saturated heterocycles. The Labute approximate surface area is 148 Å². The van der Waals surface area contributed by atoms with E-state index in [0.29, 0.717) is 16.6 Å². The molecule has 0 aliphatic rings. The third kappa shape index (κ3) is 3.06. The molecule has 0 aliphatic carbocycles. The molecule has 1 nitrogen and oxygen atoms in total. The van der Waals surface area contributed by atoms with Crippen molar-refractivity contribution >= 4 is 10.9 Å². The molecule has 4 rings (SSSR count). The Kier molecular flexibility index (Phi) is 3.96. The second-order valence-electron chi connectivity index (χ2n) is 6.02. The Morgan fingerprint density at radius 1 is 0.654 bits per heavy atom. The summed E-state index contributed by atoms with van der Waals surface area (Å²) in [6.45, 7) is 0. The first kappa shape index (κ1) is 16.3. The monoisotopic (exact) mass is 349 g/mol. The number of fused-ring (bicyclic) bond motifs is 1. The van der Waals surface area contributed by atoms with Crippen LogP contribution in [0.5, 0.6) is 0 Å². The number of aromatic nitrogens is 1. The fourth-order valence-corrected chi connectivity index (χ4v) is 3.02. The molecule has 4 aromatic rings. The van der Waals surface area contributed by atoms with Gasteiger partial charge >= 0.3 is 6.18 Å². The molecule has 0 radical (unpaired) electrons. The zero-order valence-electron chi connectivity index (χ0n) is 13.7. The molecule has 0 saturated carbocycles. The zero-order chi connectivity index (χ0) is 18.1. The average Bonchev–Trinajstić information content (AvgIpc) is 2.67. The third-order valence-corrected chi connectivity index (χ3v) is 4.29. The van der Waals surface area contributed by atoms with Crippen molar-refractivity contribution in [2.24, 2.45) is 0 Å². The number of nitrogens with zero attached hydrogens (tertiary/aromatic N) is 1. The molecule has 0 aliphatic heterocycles.